The number of rotatable bonds is 3. The number of hydrogen-bond donors (Lipinski definition) is 2. The van der Waals surface area contributed by atoms with Gasteiger partial charge in [-0.2, -0.15) is 0 Å². The van der Waals surface area contributed by atoms with Gasteiger partial charge >= 0.3 is 9.05 Å². The molecule has 68 valence electrons. The van der Waals surface area contributed by atoms with Gasteiger partial charge in [-0.05, 0) is 0 Å². The molecule has 0 heterocycles. The molecule has 8 heteroatoms. The van der Waals surface area contributed by atoms with Gasteiger partial charge in [-0.25, -0.2) is 0 Å². The molecule has 0 aliphatic heterocycles. The fourth-order valence-electron chi connectivity index (χ4n) is 0.235. The maximum absolute atomic E-state index is 8.76. The summed E-state index contributed by atoms with van der Waals surface area (Å²) in [5.74, 6) is 0. The third-order valence-corrected chi connectivity index (χ3v) is 2.07. The van der Waals surface area contributed by atoms with Crippen LogP contribution in [-0.4, -0.2) is 36.1 Å². The fraction of sp³-hybridized carbons (Fsp3) is 1.00. The minimum atomic E-state index is -4.04. The first-order valence-corrected chi connectivity index (χ1v) is 5.32. The summed E-state index contributed by atoms with van der Waals surface area (Å²) in [4.78, 5) is 17.5. The Morgan fingerprint density at radius 3 is 2.09 bits per heavy atom. The fourth-order valence-corrected chi connectivity index (χ4v) is 1.20. The zero-order chi connectivity index (χ0) is 9.12. The van der Waals surface area contributed by atoms with Crippen LogP contribution in [0.5, 0.6) is 0 Å². The van der Waals surface area contributed by atoms with E-state index < -0.39 is 19.4 Å². The molecule has 0 bridgehead atoms. The van der Waals surface area contributed by atoms with Crippen molar-refractivity contribution in [1.82, 2.24) is 0 Å². The molecule has 0 aliphatic carbocycles. The Labute approximate surface area is 80.1 Å². The molecule has 0 aromatic heterocycles. The molecule has 0 aliphatic rings. The SMILES string of the molecule is CO[Si](O)(O)OCC(Cl)(Cl)Cl. The third-order valence-electron chi connectivity index (χ3n) is 0.690. The van der Waals surface area contributed by atoms with Crippen LogP contribution >= 0.6 is 34.8 Å². The molecular formula is C3H7Cl3O4Si. The summed E-state index contributed by atoms with van der Waals surface area (Å²) in [7, 11) is -2.95. The monoisotopic (exact) mass is 240 g/mol. The van der Waals surface area contributed by atoms with Gasteiger partial charge in [0.1, 0.15) is 0 Å². The largest absolute Gasteiger partial charge is 0.674 e. The zero-order valence-electron chi connectivity index (χ0n) is 5.55. The zero-order valence-corrected chi connectivity index (χ0v) is 8.82. The quantitative estimate of drug-likeness (QED) is 0.556. The van der Waals surface area contributed by atoms with Crippen LogP contribution in [-0.2, 0) is 8.85 Å². The first-order chi connectivity index (χ1) is 4.77. The van der Waals surface area contributed by atoms with E-state index in [1.54, 1.807) is 0 Å². The minimum absolute atomic E-state index is 0.426. The lowest BCUT2D eigenvalue weighted by molar-refractivity contribution is 0.0438. The summed E-state index contributed by atoms with van der Waals surface area (Å²) in [6, 6.07) is 0. The first kappa shape index (κ1) is 11.9. The predicted octanol–water partition coefficient (Wildman–Crippen LogP) is 0.440. The molecule has 0 aromatic rings. The minimum Gasteiger partial charge on any atom is -0.367 e. The molecular weight excluding hydrogens is 234 g/mol. The van der Waals surface area contributed by atoms with Gasteiger partial charge in [0.25, 0.3) is 0 Å². The van der Waals surface area contributed by atoms with Crippen molar-refractivity contribution >= 4 is 43.9 Å². The second kappa shape index (κ2) is 4.24. The van der Waals surface area contributed by atoms with Crippen molar-refractivity contribution in [3.05, 3.63) is 0 Å². The summed E-state index contributed by atoms with van der Waals surface area (Å²) in [6.45, 7) is -0.426. The van der Waals surface area contributed by atoms with Gasteiger partial charge in [0, 0.05) is 7.11 Å². The Bertz CT molecular complexity index is 124. The Morgan fingerprint density at radius 1 is 1.36 bits per heavy atom. The van der Waals surface area contributed by atoms with Crippen molar-refractivity contribution < 1.29 is 18.4 Å². The van der Waals surface area contributed by atoms with E-state index in [1.807, 2.05) is 0 Å². The van der Waals surface area contributed by atoms with Crippen molar-refractivity contribution in [2.45, 2.75) is 3.79 Å². The van der Waals surface area contributed by atoms with Crippen molar-refractivity contribution in [3.8, 4) is 0 Å². The first-order valence-electron chi connectivity index (χ1n) is 2.47. The van der Waals surface area contributed by atoms with E-state index in [0.29, 0.717) is 0 Å². The van der Waals surface area contributed by atoms with Crippen LogP contribution in [0.2, 0.25) is 0 Å². The van der Waals surface area contributed by atoms with Crippen LogP contribution in [0.3, 0.4) is 0 Å². The normalized spacial score (nSPS) is 13.6. The third kappa shape index (κ3) is 7.29. The number of hydrogen-bond acceptors (Lipinski definition) is 4. The summed E-state index contributed by atoms with van der Waals surface area (Å²) in [5, 5.41) is 0. The van der Waals surface area contributed by atoms with E-state index in [4.69, 9.17) is 44.4 Å². The average molecular weight is 242 g/mol. The summed E-state index contributed by atoms with van der Waals surface area (Å²) >= 11 is 15.7. The Kier molecular flexibility index (Phi) is 4.60. The lowest BCUT2D eigenvalue weighted by Gasteiger charge is -2.17. The summed E-state index contributed by atoms with van der Waals surface area (Å²) in [6.07, 6.45) is 0. The molecule has 0 rings (SSSR count). The summed E-state index contributed by atoms with van der Waals surface area (Å²) < 4.78 is 6.90. The van der Waals surface area contributed by atoms with Crippen LogP contribution < -0.4 is 0 Å². The number of alkyl halides is 3. The molecule has 11 heavy (non-hydrogen) atoms. The van der Waals surface area contributed by atoms with Crippen LogP contribution in [0.15, 0.2) is 0 Å². The van der Waals surface area contributed by atoms with Gasteiger partial charge < -0.3 is 18.4 Å². The van der Waals surface area contributed by atoms with Gasteiger partial charge in [-0.1, -0.05) is 34.8 Å². The lowest BCUT2D eigenvalue weighted by Crippen LogP contribution is -2.43. The molecule has 0 aromatic carbocycles. The molecule has 0 fully saturated rings. The molecule has 2 N–H and O–H groups in total. The van der Waals surface area contributed by atoms with Crippen LogP contribution in [0.25, 0.3) is 0 Å². The molecule has 0 saturated heterocycles. The van der Waals surface area contributed by atoms with Gasteiger partial charge in [0.15, 0.2) is 0 Å². The van der Waals surface area contributed by atoms with Crippen molar-refractivity contribution in [2.24, 2.45) is 0 Å². The highest BCUT2D eigenvalue weighted by Gasteiger charge is 2.37. The van der Waals surface area contributed by atoms with E-state index in [-0.39, 0.29) is 0 Å². The predicted molar refractivity (Wildman–Crippen MR) is 43.4 cm³/mol. The molecule has 0 atom stereocenters. The van der Waals surface area contributed by atoms with E-state index in [2.05, 4.69) is 8.85 Å². The highest BCUT2D eigenvalue weighted by atomic mass is 35.6. The van der Waals surface area contributed by atoms with E-state index in [0.717, 1.165) is 7.11 Å². The maximum Gasteiger partial charge on any atom is 0.674 e. The van der Waals surface area contributed by atoms with Gasteiger partial charge in [-0.15, -0.1) is 0 Å². The maximum atomic E-state index is 8.76. The van der Waals surface area contributed by atoms with Crippen molar-refractivity contribution in [1.29, 1.82) is 0 Å². The Hall–Kier alpha value is 0.927. The molecule has 0 unspecified atom stereocenters. The van der Waals surface area contributed by atoms with Crippen molar-refractivity contribution in [2.75, 3.05) is 13.7 Å². The standard InChI is InChI=1S/C3H7Cl3O4Si/c1-9-11(7,8)10-2-3(4,5)6/h7-8H,2H2,1H3. The number of halogens is 3. The van der Waals surface area contributed by atoms with Gasteiger partial charge in [-0.3, -0.25) is 0 Å². The molecule has 0 spiro atoms. The molecule has 4 nitrogen and oxygen atoms in total. The van der Waals surface area contributed by atoms with E-state index in [9.17, 15) is 0 Å². The Morgan fingerprint density at radius 2 is 1.82 bits per heavy atom. The topological polar surface area (TPSA) is 58.9 Å². The second-order valence-corrected chi connectivity index (χ2v) is 5.97. The second-order valence-electron chi connectivity index (χ2n) is 1.66. The van der Waals surface area contributed by atoms with Crippen LogP contribution in [0.1, 0.15) is 0 Å². The van der Waals surface area contributed by atoms with Crippen molar-refractivity contribution in [3.63, 3.8) is 0 Å². The van der Waals surface area contributed by atoms with E-state index in [1.165, 1.54) is 0 Å². The highest BCUT2D eigenvalue weighted by molar-refractivity contribution is 6.67. The molecule has 0 saturated carbocycles. The van der Waals surface area contributed by atoms with Gasteiger partial charge in [0.05, 0.1) is 6.61 Å². The smallest absolute Gasteiger partial charge is 0.367 e. The average Bonchev–Trinajstić information content (AvgIpc) is 1.83. The summed E-state index contributed by atoms with van der Waals surface area (Å²) in [5.41, 5.74) is 0. The van der Waals surface area contributed by atoms with Crippen LogP contribution in [0, 0.1) is 0 Å². The lowest BCUT2D eigenvalue weighted by atomic mass is 10.9. The molecule has 0 amide bonds. The highest BCUT2D eigenvalue weighted by Crippen LogP contribution is 2.26. The van der Waals surface area contributed by atoms with E-state index >= 15 is 0 Å². The molecule has 0 radical (unpaired) electrons. The Balaban J connectivity index is 3.70. The van der Waals surface area contributed by atoms with Crippen LogP contribution in [0.4, 0.5) is 0 Å². The van der Waals surface area contributed by atoms with Gasteiger partial charge in [0.2, 0.25) is 3.79 Å².